The van der Waals surface area contributed by atoms with Crippen molar-refractivity contribution in [1.29, 1.82) is 0 Å². The molecule has 0 bridgehead atoms. The molecule has 1 amide bonds. The molecule has 1 aliphatic heterocycles. The van der Waals surface area contributed by atoms with Gasteiger partial charge in [-0.2, -0.15) is 0 Å². The maximum absolute atomic E-state index is 13.1. The minimum Gasteiger partial charge on any atom is -0.481 e. The molecule has 25 heavy (non-hydrogen) atoms. The van der Waals surface area contributed by atoms with E-state index in [2.05, 4.69) is 5.32 Å². The highest BCUT2D eigenvalue weighted by molar-refractivity contribution is 5.79. The number of hydrogen-bond acceptors (Lipinski definition) is 3. The van der Waals surface area contributed by atoms with Gasteiger partial charge in [-0.3, -0.25) is 9.59 Å². The molecule has 1 saturated carbocycles. The van der Waals surface area contributed by atoms with E-state index in [4.69, 9.17) is 9.84 Å². The average molecular weight is 349 g/mol. The van der Waals surface area contributed by atoms with Crippen molar-refractivity contribution in [3.8, 4) is 0 Å². The summed E-state index contributed by atoms with van der Waals surface area (Å²) in [4.78, 5) is 23.4. The van der Waals surface area contributed by atoms with Gasteiger partial charge in [-0.1, -0.05) is 12.1 Å². The zero-order chi connectivity index (χ0) is 17.8. The second-order valence-electron chi connectivity index (χ2n) is 7.02. The van der Waals surface area contributed by atoms with Crippen LogP contribution in [0.5, 0.6) is 0 Å². The minimum absolute atomic E-state index is 0.00796. The Balaban J connectivity index is 1.50. The summed E-state index contributed by atoms with van der Waals surface area (Å²) < 4.78 is 18.8. The molecule has 2 aliphatic rings. The van der Waals surface area contributed by atoms with E-state index >= 15 is 0 Å². The number of rotatable bonds is 5. The molecule has 1 aliphatic carbocycles. The summed E-state index contributed by atoms with van der Waals surface area (Å²) in [5.74, 6) is -1.26. The van der Waals surface area contributed by atoms with Crippen LogP contribution in [0, 0.1) is 23.6 Å². The minimum atomic E-state index is -0.760. The summed E-state index contributed by atoms with van der Waals surface area (Å²) in [7, 11) is 0. The van der Waals surface area contributed by atoms with Gasteiger partial charge in [0, 0.05) is 25.0 Å². The zero-order valence-electron chi connectivity index (χ0n) is 14.1. The van der Waals surface area contributed by atoms with Crippen LogP contribution in [0.4, 0.5) is 4.39 Å². The number of carboxylic acids is 1. The van der Waals surface area contributed by atoms with Crippen LogP contribution in [0.1, 0.15) is 43.8 Å². The standard InChI is InChI=1S/C19H24FNO4/c20-16-7-5-12(6-8-16)17-15(9-10-25-17)11-21-18(22)13-1-3-14(4-2-13)19(23)24/h5-8,13-15,17H,1-4,9-11H2,(H,21,22)(H,23,24)/t13?,14?,15-,17-/m0/s1. The Morgan fingerprint density at radius 3 is 2.36 bits per heavy atom. The maximum atomic E-state index is 13.1. The smallest absolute Gasteiger partial charge is 0.306 e. The lowest BCUT2D eigenvalue weighted by Crippen LogP contribution is -2.37. The monoisotopic (exact) mass is 349 g/mol. The fourth-order valence-electron chi connectivity index (χ4n) is 3.84. The molecule has 1 saturated heterocycles. The van der Waals surface area contributed by atoms with Crippen molar-refractivity contribution in [3.63, 3.8) is 0 Å². The quantitative estimate of drug-likeness (QED) is 0.857. The van der Waals surface area contributed by atoms with Gasteiger partial charge >= 0.3 is 5.97 Å². The van der Waals surface area contributed by atoms with E-state index in [0.29, 0.717) is 38.8 Å². The molecule has 0 radical (unpaired) electrons. The third-order valence-electron chi connectivity index (χ3n) is 5.40. The molecule has 1 heterocycles. The summed E-state index contributed by atoms with van der Waals surface area (Å²) in [6.45, 7) is 1.16. The Kier molecular flexibility index (Phi) is 5.68. The molecular weight excluding hydrogens is 325 g/mol. The first kappa shape index (κ1) is 17.9. The number of ether oxygens (including phenoxy) is 1. The molecule has 5 nitrogen and oxygen atoms in total. The number of benzene rings is 1. The van der Waals surface area contributed by atoms with Gasteiger partial charge < -0.3 is 15.2 Å². The van der Waals surface area contributed by atoms with Crippen LogP contribution in [0.25, 0.3) is 0 Å². The van der Waals surface area contributed by atoms with Crippen LogP contribution < -0.4 is 5.32 Å². The first-order valence-electron chi connectivity index (χ1n) is 8.92. The Morgan fingerprint density at radius 1 is 1.08 bits per heavy atom. The molecular formula is C19H24FNO4. The van der Waals surface area contributed by atoms with Gasteiger partial charge in [-0.25, -0.2) is 4.39 Å². The predicted octanol–water partition coefficient (Wildman–Crippen LogP) is 2.91. The van der Waals surface area contributed by atoms with Crippen LogP contribution in [-0.4, -0.2) is 30.1 Å². The summed E-state index contributed by atoms with van der Waals surface area (Å²) >= 11 is 0. The van der Waals surface area contributed by atoms with E-state index in [9.17, 15) is 14.0 Å². The Bertz CT molecular complexity index is 610. The van der Waals surface area contributed by atoms with Gasteiger partial charge in [0.25, 0.3) is 0 Å². The first-order valence-corrected chi connectivity index (χ1v) is 8.92. The summed E-state index contributed by atoms with van der Waals surface area (Å²) in [5.41, 5.74) is 0.931. The van der Waals surface area contributed by atoms with Gasteiger partial charge in [-0.05, 0) is 49.8 Å². The fourth-order valence-corrected chi connectivity index (χ4v) is 3.84. The normalized spacial score (nSPS) is 29.3. The SMILES string of the molecule is O=C(O)C1CCC(C(=O)NC[C@@H]2CCO[C@H]2c2ccc(F)cc2)CC1. The molecule has 2 N–H and O–H groups in total. The molecule has 0 unspecified atom stereocenters. The second-order valence-corrected chi connectivity index (χ2v) is 7.02. The molecule has 1 aromatic carbocycles. The zero-order valence-corrected chi connectivity index (χ0v) is 14.1. The van der Waals surface area contributed by atoms with Crippen molar-refractivity contribution in [2.45, 2.75) is 38.2 Å². The van der Waals surface area contributed by atoms with Crippen molar-refractivity contribution in [2.75, 3.05) is 13.2 Å². The number of carbonyl (C=O) groups excluding carboxylic acids is 1. The van der Waals surface area contributed by atoms with E-state index in [0.717, 1.165) is 12.0 Å². The van der Waals surface area contributed by atoms with Crippen LogP contribution in [0.15, 0.2) is 24.3 Å². The predicted molar refractivity (Wildman–Crippen MR) is 89.3 cm³/mol. The number of nitrogens with one attached hydrogen (secondary N) is 1. The molecule has 136 valence electrons. The van der Waals surface area contributed by atoms with Gasteiger partial charge in [0.1, 0.15) is 5.82 Å². The largest absolute Gasteiger partial charge is 0.481 e. The lowest BCUT2D eigenvalue weighted by atomic mass is 9.81. The molecule has 3 rings (SSSR count). The molecule has 0 aromatic heterocycles. The molecule has 0 spiro atoms. The number of hydrogen-bond donors (Lipinski definition) is 2. The van der Waals surface area contributed by atoms with Crippen molar-refractivity contribution < 1.29 is 23.8 Å². The number of carboxylic acid groups (broad SMARTS) is 1. The fraction of sp³-hybridized carbons (Fsp3) is 0.579. The number of amides is 1. The highest BCUT2D eigenvalue weighted by atomic mass is 19.1. The van der Waals surface area contributed by atoms with E-state index in [1.54, 1.807) is 12.1 Å². The van der Waals surface area contributed by atoms with Crippen molar-refractivity contribution in [3.05, 3.63) is 35.6 Å². The van der Waals surface area contributed by atoms with Crippen LogP contribution >= 0.6 is 0 Å². The Labute approximate surface area is 146 Å². The van der Waals surface area contributed by atoms with E-state index in [1.807, 2.05) is 0 Å². The van der Waals surface area contributed by atoms with Crippen LogP contribution in [-0.2, 0) is 14.3 Å². The van der Waals surface area contributed by atoms with Gasteiger partial charge in [-0.15, -0.1) is 0 Å². The Hall–Kier alpha value is -1.95. The highest BCUT2D eigenvalue weighted by Crippen LogP contribution is 2.34. The maximum Gasteiger partial charge on any atom is 0.306 e. The van der Waals surface area contributed by atoms with E-state index in [-0.39, 0.29) is 35.6 Å². The van der Waals surface area contributed by atoms with Gasteiger partial charge in [0.05, 0.1) is 12.0 Å². The highest BCUT2D eigenvalue weighted by Gasteiger charge is 2.32. The van der Waals surface area contributed by atoms with E-state index in [1.165, 1.54) is 12.1 Å². The van der Waals surface area contributed by atoms with Gasteiger partial charge in [0.2, 0.25) is 5.91 Å². The summed E-state index contributed by atoms with van der Waals surface area (Å²) in [6, 6.07) is 6.31. The number of halogens is 1. The second kappa shape index (κ2) is 7.95. The lowest BCUT2D eigenvalue weighted by Gasteiger charge is -2.26. The number of aliphatic carboxylic acids is 1. The summed E-state index contributed by atoms with van der Waals surface area (Å²) in [5, 5.41) is 12.0. The molecule has 6 heteroatoms. The van der Waals surface area contributed by atoms with Crippen LogP contribution in [0.3, 0.4) is 0 Å². The lowest BCUT2D eigenvalue weighted by molar-refractivity contribution is -0.144. The average Bonchev–Trinajstić information content (AvgIpc) is 3.09. The summed E-state index contributed by atoms with van der Waals surface area (Å²) in [6.07, 6.45) is 3.13. The van der Waals surface area contributed by atoms with Crippen molar-refractivity contribution >= 4 is 11.9 Å². The molecule has 2 fully saturated rings. The first-order chi connectivity index (χ1) is 12.0. The third kappa shape index (κ3) is 4.37. The van der Waals surface area contributed by atoms with Crippen LogP contribution in [0.2, 0.25) is 0 Å². The Morgan fingerprint density at radius 2 is 1.72 bits per heavy atom. The van der Waals surface area contributed by atoms with E-state index < -0.39 is 5.97 Å². The van der Waals surface area contributed by atoms with Crippen molar-refractivity contribution in [1.82, 2.24) is 5.32 Å². The third-order valence-corrected chi connectivity index (χ3v) is 5.40. The molecule has 1 aromatic rings. The number of carbonyl (C=O) groups is 2. The topological polar surface area (TPSA) is 75.6 Å². The molecule has 2 atom stereocenters. The van der Waals surface area contributed by atoms with Gasteiger partial charge in [0.15, 0.2) is 0 Å². The van der Waals surface area contributed by atoms with Crippen molar-refractivity contribution in [2.24, 2.45) is 17.8 Å².